The van der Waals surface area contributed by atoms with Gasteiger partial charge in [-0.3, -0.25) is 0 Å². The Morgan fingerprint density at radius 3 is 2.26 bits per heavy atom. The summed E-state index contributed by atoms with van der Waals surface area (Å²) in [6, 6.07) is 2.22. The van der Waals surface area contributed by atoms with Crippen LogP contribution in [0.5, 0.6) is 0 Å². The molecule has 0 bridgehead atoms. The molecule has 5 nitrogen and oxygen atoms in total. The van der Waals surface area contributed by atoms with Crippen LogP contribution in [0, 0.1) is 0 Å². The Balaban J connectivity index is 1.58. The predicted molar refractivity (Wildman–Crippen MR) is 110 cm³/mol. The van der Waals surface area contributed by atoms with Gasteiger partial charge in [-0.25, -0.2) is 4.79 Å². The van der Waals surface area contributed by atoms with Crippen molar-refractivity contribution in [2.75, 3.05) is 13.1 Å². The summed E-state index contributed by atoms with van der Waals surface area (Å²) in [5.74, 6) is 0.469. The van der Waals surface area contributed by atoms with Crippen LogP contribution in [-0.4, -0.2) is 48.0 Å². The molecule has 7 heteroatoms. The molecule has 0 spiro atoms. The molecule has 0 N–H and O–H groups in total. The average molecular weight is 393 g/mol. The summed E-state index contributed by atoms with van der Waals surface area (Å²) < 4.78 is 18.9. The van der Waals surface area contributed by atoms with Gasteiger partial charge in [0.05, 0.1) is 11.2 Å². The highest BCUT2D eigenvalue weighted by Gasteiger charge is 2.52. The van der Waals surface area contributed by atoms with Gasteiger partial charge in [0, 0.05) is 17.9 Å². The number of nitrogens with zero attached hydrogens (tertiary/aromatic N) is 1. The number of rotatable bonds is 2. The topological polar surface area (TPSA) is 48.0 Å². The molecule has 3 heterocycles. The van der Waals surface area contributed by atoms with E-state index in [4.69, 9.17) is 14.0 Å². The minimum atomic E-state index is -0.445. The van der Waals surface area contributed by atoms with E-state index in [1.165, 1.54) is 5.56 Å². The van der Waals surface area contributed by atoms with Crippen molar-refractivity contribution in [2.24, 2.45) is 0 Å². The van der Waals surface area contributed by atoms with Crippen LogP contribution >= 0.6 is 11.3 Å². The number of hydrogen-bond donors (Lipinski definition) is 0. The van der Waals surface area contributed by atoms with Crippen LogP contribution in [0.15, 0.2) is 11.4 Å². The lowest BCUT2D eigenvalue weighted by atomic mass is 9.84. The van der Waals surface area contributed by atoms with Gasteiger partial charge in [-0.15, -0.1) is 0 Å². The predicted octanol–water partition coefficient (Wildman–Crippen LogP) is 4.16. The minimum Gasteiger partial charge on any atom is -0.444 e. The maximum absolute atomic E-state index is 12.2. The number of amides is 1. The van der Waals surface area contributed by atoms with E-state index in [9.17, 15) is 4.79 Å². The summed E-state index contributed by atoms with van der Waals surface area (Å²) in [6.45, 7) is 15.5. The molecule has 0 saturated carbocycles. The number of carbonyl (C=O) groups excluding carboxylic acids is 1. The minimum absolute atomic E-state index is 0.204. The fourth-order valence-corrected chi connectivity index (χ4v) is 4.33. The van der Waals surface area contributed by atoms with E-state index in [-0.39, 0.29) is 24.4 Å². The summed E-state index contributed by atoms with van der Waals surface area (Å²) >= 11 is 1.70. The van der Waals surface area contributed by atoms with Crippen molar-refractivity contribution in [3.63, 3.8) is 0 Å². The molecule has 1 amide bonds. The molecule has 150 valence electrons. The maximum atomic E-state index is 12.2. The molecule has 2 fully saturated rings. The maximum Gasteiger partial charge on any atom is 0.505 e. The first-order chi connectivity index (χ1) is 12.4. The number of carbonyl (C=O) groups is 1. The number of thiophene rings is 1. The molecule has 2 saturated heterocycles. The first-order valence-electron chi connectivity index (χ1n) is 9.80. The normalized spacial score (nSPS) is 22.9. The number of likely N-dealkylation sites (tertiary alicyclic amines) is 1. The molecule has 27 heavy (non-hydrogen) atoms. The van der Waals surface area contributed by atoms with Crippen molar-refractivity contribution in [2.45, 2.75) is 84.0 Å². The van der Waals surface area contributed by atoms with E-state index in [0.29, 0.717) is 5.92 Å². The third kappa shape index (κ3) is 4.52. The van der Waals surface area contributed by atoms with E-state index in [0.717, 1.165) is 30.7 Å². The van der Waals surface area contributed by atoms with Gasteiger partial charge >= 0.3 is 13.2 Å². The van der Waals surface area contributed by atoms with Crippen molar-refractivity contribution >= 4 is 29.3 Å². The highest BCUT2D eigenvalue weighted by Crippen LogP contribution is 2.37. The standard InChI is InChI=1S/C20H32BNO4S/c1-18(2,3)24-17(23)22-10-8-14(9-11-22)15-12-16(27-13-15)21-25-19(4,5)20(6,7)26-21/h12-14H,8-11H2,1-7H3. The Morgan fingerprint density at radius 2 is 1.74 bits per heavy atom. The zero-order valence-corrected chi connectivity index (χ0v) is 18.4. The molecule has 0 radical (unpaired) electrons. The first kappa shape index (κ1) is 20.7. The van der Waals surface area contributed by atoms with E-state index >= 15 is 0 Å². The van der Waals surface area contributed by atoms with Crippen molar-refractivity contribution in [3.8, 4) is 0 Å². The molecule has 0 aromatic carbocycles. The van der Waals surface area contributed by atoms with E-state index in [1.54, 1.807) is 11.3 Å². The number of ether oxygens (including phenoxy) is 1. The highest BCUT2D eigenvalue weighted by atomic mass is 32.1. The van der Waals surface area contributed by atoms with Gasteiger partial charge in [-0.1, -0.05) is 0 Å². The van der Waals surface area contributed by atoms with E-state index in [1.807, 2.05) is 25.7 Å². The van der Waals surface area contributed by atoms with Crippen molar-refractivity contribution < 1.29 is 18.8 Å². The number of hydrogen-bond acceptors (Lipinski definition) is 5. The van der Waals surface area contributed by atoms with Crippen LogP contribution in [-0.2, 0) is 14.0 Å². The lowest BCUT2D eigenvalue weighted by Gasteiger charge is -2.33. The molecule has 1 aromatic rings. The fourth-order valence-electron chi connectivity index (χ4n) is 3.39. The molecule has 2 aliphatic rings. The van der Waals surface area contributed by atoms with Crippen LogP contribution in [0.2, 0.25) is 0 Å². The van der Waals surface area contributed by atoms with Gasteiger partial charge in [0.2, 0.25) is 0 Å². The molecular formula is C20H32BNO4S. The zero-order valence-electron chi connectivity index (χ0n) is 17.6. The van der Waals surface area contributed by atoms with Gasteiger partial charge in [-0.2, -0.15) is 11.3 Å². The quantitative estimate of drug-likeness (QED) is 0.708. The van der Waals surface area contributed by atoms with Gasteiger partial charge in [0.1, 0.15) is 5.60 Å². The van der Waals surface area contributed by atoms with Crippen LogP contribution < -0.4 is 4.78 Å². The lowest BCUT2D eigenvalue weighted by molar-refractivity contribution is 0.00578. The Kier molecular flexibility index (Phi) is 5.43. The molecule has 2 aliphatic heterocycles. The molecular weight excluding hydrogens is 361 g/mol. The van der Waals surface area contributed by atoms with Crippen LogP contribution in [0.4, 0.5) is 4.79 Å². The summed E-state index contributed by atoms with van der Waals surface area (Å²) in [4.78, 5) is 14.1. The van der Waals surface area contributed by atoms with Crippen molar-refractivity contribution in [3.05, 3.63) is 17.0 Å². The van der Waals surface area contributed by atoms with E-state index < -0.39 is 5.60 Å². The third-order valence-corrected chi connectivity index (χ3v) is 6.72. The smallest absolute Gasteiger partial charge is 0.444 e. The first-order valence-corrected chi connectivity index (χ1v) is 10.7. The van der Waals surface area contributed by atoms with E-state index in [2.05, 4.69) is 39.1 Å². The monoisotopic (exact) mass is 393 g/mol. The summed E-state index contributed by atoms with van der Waals surface area (Å²) in [6.07, 6.45) is 1.71. The lowest BCUT2D eigenvalue weighted by Crippen LogP contribution is -2.41. The Morgan fingerprint density at radius 1 is 1.19 bits per heavy atom. The second kappa shape index (κ2) is 7.09. The summed E-state index contributed by atoms with van der Waals surface area (Å²) in [5, 5.41) is 2.22. The van der Waals surface area contributed by atoms with Gasteiger partial charge in [-0.05, 0) is 84.2 Å². The Bertz CT molecular complexity index is 670. The molecule has 0 atom stereocenters. The van der Waals surface area contributed by atoms with Crippen LogP contribution in [0.25, 0.3) is 0 Å². The zero-order chi connectivity index (χ0) is 20.0. The summed E-state index contributed by atoms with van der Waals surface area (Å²) in [5.41, 5.74) is 0.244. The number of piperidine rings is 1. The van der Waals surface area contributed by atoms with Gasteiger partial charge < -0.3 is 18.9 Å². The highest BCUT2D eigenvalue weighted by molar-refractivity contribution is 7.20. The van der Waals surface area contributed by atoms with Gasteiger partial charge in [0.25, 0.3) is 0 Å². The van der Waals surface area contributed by atoms with Crippen molar-refractivity contribution in [1.29, 1.82) is 0 Å². The van der Waals surface area contributed by atoms with Crippen LogP contribution in [0.3, 0.4) is 0 Å². The SMILES string of the molecule is CC(C)(C)OC(=O)N1CCC(c2csc(B3OC(C)(C)C(C)(C)O3)c2)CC1. The van der Waals surface area contributed by atoms with Gasteiger partial charge in [0.15, 0.2) is 0 Å². The Hall–Kier alpha value is -1.05. The largest absolute Gasteiger partial charge is 0.505 e. The molecule has 1 aromatic heterocycles. The molecule has 0 unspecified atom stereocenters. The third-order valence-electron chi connectivity index (χ3n) is 5.74. The van der Waals surface area contributed by atoms with Crippen LogP contribution in [0.1, 0.15) is 72.8 Å². The second-order valence-electron chi connectivity index (χ2n) is 9.61. The summed E-state index contributed by atoms with van der Waals surface area (Å²) in [7, 11) is -0.296. The average Bonchev–Trinajstić information content (AvgIpc) is 3.09. The second-order valence-corrected chi connectivity index (χ2v) is 10.6. The fraction of sp³-hybridized carbons (Fsp3) is 0.750. The molecule has 3 rings (SSSR count). The molecule has 0 aliphatic carbocycles. The Labute approximate surface area is 167 Å². The van der Waals surface area contributed by atoms with Crippen molar-refractivity contribution in [1.82, 2.24) is 4.90 Å².